The van der Waals surface area contributed by atoms with Gasteiger partial charge in [-0.15, -0.1) is 0 Å². The number of dihydropyridines is 1. The van der Waals surface area contributed by atoms with Gasteiger partial charge in [-0.05, 0) is 6.92 Å². The Hall–Kier alpha value is -0.930. The molecule has 0 aromatic rings. The average molecular weight is 163 g/mol. The quantitative estimate of drug-likeness (QED) is 0.575. The summed E-state index contributed by atoms with van der Waals surface area (Å²) in [5.74, 6) is 0. The lowest BCUT2D eigenvalue weighted by atomic mass is 10.1. The molecule has 0 aromatic heterocycles. The standard InChI is InChI=1S/C7H8F3N/c1-5-2-3-6(4-11-5)7(8,9)10/h2-5,11H,1H3. The van der Waals surface area contributed by atoms with Gasteiger partial charge in [-0.3, -0.25) is 0 Å². The fourth-order valence-electron chi connectivity index (χ4n) is 0.749. The largest absolute Gasteiger partial charge is 0.417 e. The number of hydrogen-bond acceptors (Lipinski definition) is 1. The molecule has 0 radical (unpaired) electrons. The van der Waals surface area contributed by atoms with Crippen molar-refractivity contribution in [1.82, 2.24) is 5.32 Å². The Morgan fingerprint density at radius 3 is 2.45 bits per heavy atom. The van der Waals surface area contributed by atoms with Gasteiger partial charge < -0.3 is 5.32 Å². The zero-order valence-corrected chi connectivity index (χ0v) is 5.94. The Morgan fingerprint density at radius 2 is 2.09 bits per heavy atom. The van der Waals surface area contributed by atoms with E-state index in [1.54, 1.807) is 6.92 Å². The van der Waals surface area contributed by atoms with Crippen LogP contribution in [0.4, 0.5) is 13.2 Å². The van der Waals surface area contributed by atoms with Crippen LogP contribution < -0.4 is 5.32 Å². The van der Waals surface area contributed by atoms with E-state index in [4.69, 9.17) is 0 Å². The van der Waals surface area contributed by atoms with Crippen LogP contribution in [0.1, 0.15) is 6.92 Å². The maximum absolute atomic E-state index is 11.9. The van der Waals surface area contributed by atoms with Crippen LogP contribution in [-0.2, 0) is 0 Å². The van der Waals surface area contributed by atoms with Crippen molar-refractivity contribution in [3.63, 3.8) is 0 Å². The number of halogens is 3. The molecule has 0 saturated carbocycles. The van der Waals surface area contributed by atoms with E-state index >= 15 is 0 Å². The highest BCUT2D eigenvalue weighted by Gasteiger charge is 2.32. The van der Waals surface area contributed by atoms with E-state index in [1.165, 1.54) is 6.08 Å². The maximum atomic E-state index is 11.9. The molecule has 0 aromatic carbocycles. The molecule has 1 atom stereocenters. The molecule has 1 heterocycles. The van der Waals surface area contributed by atoms with Crippen LogP contribution in [0.3, 0.4) is 0 Å². The Labute approximate surface area is 62.6 Å². The smallest absolute Gasteiger partial charge is 0.384 e. The first-order chi connectivity index (χ1) is 5.00. The van der Waals surface area contributed by atoms with Gasteiger partial charge in [-0.1, -0.05) is 12.2 Å². The van der Waals surface area contributed by atoms with Crippen molar-refractivity contribution in [1.29, 1.82) is 0 Å². The SMILES string of the molecule is CC1C=CC(C(F)(F)F)=CN1. The summed E-state index contributed by atoms with van der Waals surface area (Å²) in [5, 5.41) is 2.57. The van der Waals surface area contributed by atoms with Gasteiger partial charge in [0.05, 0.1) is 5.57 Å². The summed E-state index contributed by atoms with van der Waals surface area (Å²) in [6.45, 7) is 1.78. The first kappa shape index (κ1) is 8.17. The molecule has 1 aliphatic heterocycles. The summed E-state index contributed by atoms with van der Waals surface area (Å²) in [7, 11) is 0. The predicted molar refractivity (Wildman–Crippen MR) is 35.9 cm³/mol. The fraction of sp³-hybridized carbons (Fsp3) is 0.429. The summed E-state index contributed by atoms with van der Waals surface area (Å²) < 4.78 is 35.7. The number of rotatable bonds is 0. The van der Waals surface area contributed by atoms with Crippen molar-refractivity contribution in [2.45, 2.75) is 19.1 Å². The van der Waals surface area contributed by atoms with E-state index in [0.29, 0.717) is 0 Å². The Bertz CT molecular complexity index is 202. The van der Waals surface area contributed by atoms with E-state index in [-0.39, 0.29) is 6.04 Å². The topological polar surface area (TPSA) is 12.0 Å². The van der Waals surface area contributed by atoms with Crippen LogP contribution in [0.25, 0.3) is 0 Å². The first-order valence-corrected chi connectivity index (χ1v) is 3.22. The second-order valence-electron chi connectivity index (χ2n) is 2.41. The van der Waals surface area contributed by atoms with Crippen LogP contribution in [0.15, 0.2) is 23.9 Å². The summed E-state index contributed by atoms with van der Waals surface area (Å²) >= 11 is 0. The number of hydrogen-bond donors (Lipinski definition) is 1. The summed E-state index contributed by atoms with van der Waals surface area (Å²) in [6, 6.07) is -0.0129. The van der Waals surface area contributed by atoms with E-state index in [2.05, 4.69) is 5.32 Å². The lowest BCUT2D eigenvalue weighted by Crippen LogP contribution is -2.25. The van der Waals surface area contributed by atoms with E-state index in [0.717, 1.165) is 12.3 Å². The third kappa shape index (κ3) is 2.00. The average Bonchev–Trinajstić information content (AvgIpc) is 1.86. The zero-order chi connectivity index (χ0) is 8.48. The molecule has 1 rings (SSSR count). The van der Waals surface area contributed by atoms with Crippen molar-refractivity contribution in [3.8, 4) is 0 Å². The Kier molecular flexibility index (Phi) is 1.93. The van der Waals surface area contributed by atoms with Crippen molar-refractivity contribution in [2.24, 2.45) is 0 Å². The maximum Gasteiger partial charge on any atom is 0.417 e. The minimum absolute atomic E-state index is 0.0129. The molecule has 62 valence electrons. The molecule has 0 saturated heterocycles. The summed E-state index contributed by atoms with van der Waals surface area (Å²) in [5.41, 5.74) is -0.629. The van der Waals surface area contributed by atoms with Crippen LogP contribution in [-0.4, -0.2) is 12.2 Å². The molecular formula is C7H8F3N. The van der Waals surface area contributed by atoms with Crippen molar-refractivity contribution in [2.75, 3.05) is 0 Å². The zero-order valence-electron chi connectivity index (χ0n) is 5.94. The van der Waals surface area contributed by atoms with Gasteiger partial charge in [0.15, 0.2) is 0 Å². The lowest BCUT2D eigenvalue weighted by Gasteiger charge is -2.15. The molecule has 11 heavy (non-hydrogen) atoms. The van der Waals surface area contributed by atoms with Crippen LogP contribution in [0, 0.1) is 0 Å². The van der Waals surface area contributed by atoms with Crippen molar-refractivity contribution in [3.05, 3.63) is 23.9 Å². The van der Waals surface area contributed by atoms with Crippen LogP contribution in [0.2, 0.25) is 0 Å². The lowest BCUT2D eigenvalue weighted by molar-refractivity contribution is -0.0888. The molecule has 0 fully saturated rings. The summed E-state index contributed by atoms with van der Waals surface area (Å²) in [4.78, 5) is 0. The van der Waals surface area contributed by atoms with Crippen molar-refractivity contribution >= 4 is 0 Å². The minimum atomic E-state index is -4.23. The third-order valence-electron chi connectivity index (χ3n) is 1.39. The molecule has 1 aliphatic rings. The molecule has 0 amide bonds. The predicted octanol–water partition coefficient (Wildman–Crippen LogP) is 1.98. The Morgan fingerprint density at radius 1 is 1.45 bits per heavy atom. The number of nitrogens with one attached hydrogen (secondary N) is 1. The van der Waals surface area contributed by atoms with Crippen LogP contribution >= 0.6 is 0 Å². The summed E-state index contributed by atoms with van der Waals surface area (Å²) in [6.07, 6.45) is -0.682. The minimum Gasteiger partial charge on any atom is -0.384 e. The van der Waals surface area contributed by atoms with E-state index in [1.807, 2.05) is 0 Å². The van der Waals surface area contributed by atoms with E-state index < -0.39 is 11.7 Å². The normalized spacial score (nSPS) is 24.4. The molecule has 0 bridgehead atoms. The monoisotopic (exact) mass is 163 g/mol. The van der Waals surface area contributed by atoms with Gasteiger partial charge in [-0.25, -0.2) is 0 Å². The van der Waals surface area contributed by atoms with Gasteiger partial charge in [0.25, 0.3) is 0 Å². The molecule has 0 aliphatic carbocycles. The van der Waals surface area contributed by atoms with Crippen molar-refractivity contribution < 1.29 is 13.2 Å². The molecule has 1 N–H and O–H groups in total. The second-order valence-corrected chi connectivity index (χ2v) is 2.41. The van der Waals surface area contributed by atoms with Gasteiger partial charge in [0, 0.05) is 12.2 Å². The number of allylic oxidation sites excluding steroid dienone is 2. The van der Waals surface area contributed by atoms with Gasteiger partial charge >= 0.3 is 6.18 Å². The molecule has 1 nitrogen and oxygen atoms in total. The fourth-order valence-corrected chi connectivity index (χ4v) is 0.749. The molecular weight excluding hydrogens is 155 g/mol. The van der Waals surface area contributed by atoms with Crippen LogP contribution in [0.5, 0.6) is 0 Å². The van der Waals surface area contributed by atoms with Gasteiger partial charge in [0.1, 0.15) is 0 Å². The first-order valence-electron chi connectivity index (χ1n) is 3.22. The highest BCUT2D eigenvalue weighted by molar-refractivity contribution is 5.27. The van der Waals surface area contributed by atoms with Gasteiger partial charge in [-0.2, -0.15) is 13.2 Å². The number of alkyl halides is 3. The third-order valence-corrected chi connectivity index (χ3v) is 1.39. The highest BCUT2D eigenvalue weighted by Crippen LogP contribution is 2.27. The molecule has 1 unspecified atom stereocenters. The van der Waals surface area contributed by atoms with Gasteiger partial charge in [0.2, 0.25) is 0 Å². The molecule has 4 heteroatoms. The molecule has 0 spiro atoms. The highest BCUT2D eigenvalue weighted by atomic mass is 19.4. The van der Waals surface area contributed by atoms with E-state index in [9.17, 15) is 13.2 Å². The Balaban J connectivity index is 2.71. The second kappa shape index (κ2) is 2.60.